The van der Waals surface area contributed by atoms with Crippen molar-refractivity contribution in [3.05, 3.63) is 108 Å². The van der Waals surface area contributed by atoms with Crippen molar-refractivity contribution in [1.82, 2.24) is 15.0 Å². The van der Waals surface area contributed by atoms with E-state index in [1.807, 2.05) is 57.3 Å². The third kappa shape index (κ3) is 9.26. The van der Waals surface area contributed by atoms with E-state index in [2.05, 4.69) is 46.7 Å². The van der Waals surface area contributed by atoms with Gasteiger partial charge in [-0.05, 0) is 65.2 Å². The Labute approximate surface area is 345 Å². The van der Waals surface area contributed by atoms with Gasteiger partial charge in [-0.25, -0.2) is 4.98 Å². The molecule has 0 atom stereocenters. The monoisotopic (exact) mass is 882 g/mol. The molecular weight excluding hydrogens is 807 g/mol. The van der Waals surface area contributed by atoms with Gasteiger partial charge >= 0.3 is 0 Å². The number of pyridine rings is 3. The Hall–Kier alpha value is -3.44. The number of furan rings is 1. The Kier molecular flexibility index (Phi) is 5.98. The van der Waals surface area contributed by atoms with Crippen LogP contribution in [0.25, 0.3) is 44.6 Å². The van der Waals surface area contributed by atoms with E-state index in [1.54, 1.807) is 0 Å². The molecule has 0 bridgehead atoms. The summed E-state index contributed by atoms with van der Waals surface area (Å²) in [7, 11) is -1.70. The van der Waals surface area contributed by atoms with Crippen molar-refractivity contribution >= 4 is 35.3 Å². The van der Waals surface area contributed by atoms with Crippen LogP contribution in [0.5, 0.6) is 0 Å². The second kappa shape index (κ2) is 15.8. The molecule has 6 heteroatoms. The number of hydrogen-bond donors (Lipinski definition) is 0. The molecule has 1 radical (unpaired) electrons. The number of fused-ring (bicyclic) bond motifs is 3. The molecule has 0 aliphatic carbocycles. The van der Waals surface area contributed by atoms with E-state index in [1.165, 1.54) is 18.2 Å². The van der Waals surface area contributed by atoms with E-state index in [-0.39, 0.29) is 53.4 Å². The normalized spacial score (nSPS) is 21.0. The van der Waals surface area contributed by atoms with Gasteiger partial charge in [0.05, 0.1) is 13.7 Å². The van der Waals surface area contributed by atoms with Crippen molar-refractivity contribution in [3.8, 4) is 22.5 Å². The Morgan fingerprint density at radius 1 is 0.900 bits per heavy atom. The van der Waals surface area contributed by atoms with E-state index >= 15 is 0 Å². The molecule has 4 nitrogen and oxygen atoms in total. The predicted octanol–water partition coefficient (Wildman–Crippen LogP) is 11.7. The van der Waals surface area contributed by atoms with E-state index in [0.29, 0.717) is 0 Å². The van der Waals surface area contributed by atoms with E-state index in [0.717, 1.165) is 46.4 Å². The molecule has 50 heavy (non-hydrogen) atoms. The zero-order valence-electron chi connectivity index (χ0n) is 50.6. The van der Waals surface area contributed by atoms with Gasteiger partial charge in [0.2, 0.25) is 5.71 Å². The van der Waals surface area contributed by atoms with Crippen molar-refractivity contribution in [2.45, 2.75) is 105 Å². The molecule has 0 fully saturated rings. The molecule has 0 saturated heterocycles. The first kappa shape index (κ1) is 18.9. The fraction of sp³-hybridized carbons (Fsp3) is 0.386. The Bertz CT molecular complexity index is 2830. The smallest absolute Gasteiger partial charge is 0.216 e. The van der Waals surface area contributed by atoms with Gasteiger partial charge in [0.1, 0.15) is 0 Å². The van der Waals surface area contributed by atoms with Crippen molar-refractivity contribution in [2.75, 3.05) is 0 Å². The van der Waals surface area contributed by atoms with Crippen LogP contribution >= 0.6 is 0 Å². The molecule has 0 N–H and O–H groups in total. The van der Waals surface area contributed by atoms with Crippen LogP contribution in [0.2, 0.25) is 19.6 Å². The maximum absolute atomic E-state index is 8.94. The maximum atomic E-state index is 8.94. The van der Waals surface area contributed by atoms with Gasteiger partial charge in [0.25, 0.3) is 0 Å². The maximum Gasteiger partial charge on any atom is 0.216 e. The van der Waals surface area contributed by atoms with Crippen LogP contribution in [-0.2, 0) is 31.9 Å². The number of rotatable bonds is 7. The molecule has 6 aromatic rings. The summed E-state index contributed by atoms with van der Waals surface area (Å²) < 4.78 is 184. The zero-order valence-corrected chi connectivity index (χ0v) is 32.0. The molecule has 0 saturated carbocycles. The molecule has 0 aliphatic rings. The molecule has 0 amide bonds. The average Bonchev–Trinajstić information content (AvgIpc) is 3.59. The molecule has 0 unspecified atom stereocenters. The standard InChI is InChI=1S/C25H27N2O.C19H26NSi.Ir/c1-6-16(7-2)17-13-14-26-21(15-17)20-10-8-9-18-19-11-12-22(25(3,4)5)27-24(19)28-23(18)20;1-19(2,3)13-16-12-17(15-10-8-7-9-11-15)20-14-18(16)21(4,5)6;/h8-9,11-16H,6-7H2,1-5H3;7-10,12,14H,13H2,1-6H3;/q2*-1;/i1D3,2D3,3D3,4D3,5D3,6D2,7D2,16D;13D2;. The third-order valence-electron chi connectivity index (χ3n) is 7.44. The minimum absolute atomic E-state index is 0. The van der Waals surface area contributed by atoms with Crippen LogP contribution in [0.3, 0.4) is 0 Å². The molecule has 2 aromatic carbocycles. The largest absolute Gasteiger partial charge is 0.486 e. The summed E-state index contributed by atoms with van der Waals surface area (Å²) in [6.07, 6.45) is -6.10. The van der Waals surface area contributed by atoms with E-state index in [4.69, 9.17) is 34.6 Å². The summed E-state index contributed by atoms with van der Waals surface area (Å²) in [5, 5.41) is 1.51. The van der Waals surface area contributed by atoms with Crippen molar-refractivity contribution in [2.24, 2.45) is 5.41 Å². The fourth-order valence-corrected chi connectivity index (χ4v) is 6.57. The van der Waals surface area contributed by atoms with Gasteiger partial charge in [-0.2, -0.15) is 0 Å². The predicted molar refractivity (Wildman–Crippen MR) is 210 cm³/mol. The molecule has 6 rings (SSSR count). The summed E-state index contributed by atoms with van der Waals surface area (Å²) in [4.78, 5) is 12.8. The van der Waals surface area contributed by atoms with Crippen LogP contribution in [0, 0.1) is 17.5 Å². The Morgan fingerprint density at radius 3 is 2.34 bits per heavy atom. The van der Waals surface area contributed by atoms with E-state index in [9.17, 15) is 0 Å². The quantitative estimate of drug-likeness (QED) is 0.118. The number of aromatic nitrogens is 3. The van der Waals surface area contributed by atoms with Gasteiger partial charge in [0, 0.05) is 79.2 Å². The summed E-state index contributed by atoms with van der Waals surface area (Å²) in [5.41, 5.74) is -3.71. The van der Waals surface area contributed by atoms with E-state index < -0.39 is 89.4 Å². The van der Waals surface area contributed by atoms with Gasteiger partial charge in [-0.3, -0.25) is 0 Å². The van der Waals surface area contributed by atoms with Crippen molar-refractivity contribution in [1.29, 1.82) is 0 Å². The van der Waals surface area contributed by atoms with Gasteiger partial charge < -0.3 is 14.4 Å². The minimum Gasteiger partial charge on any atom is -0.486 e. The zero-order chi connectivity index (χ0) is 54.4. The van der Waals surface area contributed by atoms with Crippen LogP contribution in [-0.4, -0.2) is 23.0 Å². The van der Waals surface area contributed by atoms with Gasteiger partial charge in [-0.1, -0.05) is 109 Å². The molecule has 0 spiro atoms. The van der Waals surface area contributed by atoms with Crippen LogP contribution in [0.15, 0.2) is 83.5 Å². The first-order valence-corrected chi connectivity index (χ1v) is 19.0. The molecule has 4 aromatic heterocycles. The topological polar surface area (TPSA) is 51.8 Å². The summed E-state index contributed by atoms with van der Waals surface area (Å²) in [6.45, 7) is -5.55. The SMILES string of the molecule is [2H]C([2H])([2H])C([2H])([2H])C([2H])(c1ccnc(-c2[c-]ccc3c2oc2nc(C(C([2H])([2H])[2H])(C([2H])([2H])[2H])C([2H])([2H])[2H])ccc23)c1)C([2H])([2H])C([2H])([2H])[2H].[2H]C([2H])(c1cc(-c2[c-]cccc2)ncc1[Si](C)(C)C)C(C)(C)C.[Ir]. The average molecular weight is 882 g/mol. The summed E-state index contributed by atoms with van der Waals surface area (Å²) in [5.74, 6) is -3.57. The van der Waals surface area contributed by atoms with Crippen molar-refractivity contribution in [3.63, 3.8) is 0 Å². The molecule has 4 heterocycles. The fourth-order valence-electron chi connectivity index (χ4n) is 5.18. The van der Waals surface area contributed by atoms with Crippen molar-refractivity contribution < 1.29 is 54.7 Å². The number of benzene rings is 2. The molecule has 0 aliphatic heterocycles. The molecule has 265 valence electrons. The van der Waals surface area contributed by atoms with Crippen LogP contribution in [0.1, 0.15) is 121 Å². The summed E-state index contributed by atoms with van der Waals surface area (Å²) in [6, 6.07) is 22.5. The number of nitrogens with zero attached hydrogens (tertiary/aromatic N) is 3. The number of hydrogen-bond acceptors (Lipinski definition) is 4. The minimum atomic E-state index is -3.77. The van der Waals surface area contributed by atoms with Crippen LogP contribution in [0.4, 0.5) is 0 Å². The first-order valence-electron chi connectivity index (χ1n) is 26.5. The molecular formula is C44H53IrN3OSi-2. The first-order chi connectivity index (χ1) is 31.8. The van der Waals surface area contributed by atoms with Crippen LogP contribution < -0.4 is 5.19 Å². The summed E-state index contributed by atoms with van der Waals surface area (Å²) >= 11 is 0. The Balaban J connectivity index is 0.000000392. The van der Waals surface area contributed by atoms with Gasteiger partial charge in [-0.15, -0.1) is 54.1 Å². The second-order valence-corrected chi connectivity index (χ2v) is 18.6. The van der Waals surface area contributed by atoms with Gasteiger partial charge in [0.15, 0.2) is 0 Å². The Morgan fingerprint density at radius 2 is 1.68 bits per heavy atom. The second-order valence-electron chi connectivity index (χ2n) is 13.6. The third-order valence-corrected chi connectivity index (χ3v) is 9.46.